The first-order valence-electron chi connectivity index (χ1n) is 11.8. The van der Waals surface area contributed by atoms with E-state index in [1.165, 1.54) is 12.7 Å². The molecule has 0 aromatic heterocycles. The van der Waals surface area contributed by atoms with Gasteiger partial charge in [0, 0.05) is 24.2 Å². The van der Waals surface area contributed by atoms with Gasteiger partial charge < -0.3 is 9.47 Å². The van der Waals surface area contributed by atoms with E-state index >= 15 is 0 Å². The second kappa shape index (κ2) is 5.77. The van der Waals surface area contributed by atoms with Crippen LogP contribution in [0.1, 0.15) is 65.2 Å². The van der Waals surface area contributed by atoms with Crippen molar-refractivity contribution >= 4 is 17.7 Å². The summed E-state index contributed by atoms with van der Waals surface area (Å²) in [5, 5.41) is 0. The van der Waals surface area contributed by atoms with Gasteiger partial charge in [-0.05, 0) is 73.7 Å². The van der Waals surface area contributed by atoms with Gasteiger partial charge in [0.2, 0.25) is 0 Å². The molecule has 5 heteroatoms. The quantitative estimate of drug-likeness (QED) is 0.612. The molecule has 0 aromatic rings. The molecular weight excluding hydrogens is 380 g/mol. The number of hydrogen-bond acceptors (Lipinski definition) is 5. The third kappa shape index (κ3) is 2.07. The molecule has 9 atom stereocenters. The van der Waals surface area contributed by atoms with Crippen LogP contribution < -0.4 is 0 Å². The largest absolute Gasteiger partial charge is 0.469 e. The summed E-state index contributed by atoms with van der Waals surface area (Å²) in [5.41, 5.74) is 0.801. The highest BCUT2D eigenvalue weighted by Gasteiger charge is 2.80. The van der Waals surface area contributed by atoms with Gasteiger partial charge in [-0.25, -0.2) is 0 Å². The molecule has 0 amide bonds. The van der Waals surface area contributed by atoms with Crippen molar-refractivity contribution in [3.63, 3.8) is 0 Å². The molecular formula is C25H32O5. The molecule has 0 radical (unpaired) electrons. The molecule has 0 unspecified atom stereocenters. The summed E-state index contributed by atoms with van der Waals surface area (Å²) < 4.78 is 11.5. The van der Waals surface area contributed by atoms with Crippen LogP contribution in [0.2, 0.25) is 0 Å². The summed E-state index contributed by atoms with van der Waals surface area (Å²) in [7, 11) is 1.49. The van der Waals surface area contributed by atoms with Crippen LogP contribution in [-0.2, 0) is 23.9 Å². The van der Waals surface area contributed by atoms with E-state index in [-0.39, 0.29) is 46.0 Å². The van der Waals surface area contributed by atoms with E-state index in [4.69, 9.17) is 9.47 Å². The Kier molecular flexibility index (Phi) is 3.67. The lowest BCUT2D eigenvalue weighted by Crippen LogP contribution is -2.59. The van der Waals surface area contributed by atoms with Crippen molar-refractivity contribution in [2.75, 3.05) is 7.11 Å². The Morgan fingerprint density at radius 2 is 1.93 bits per heavy atom. The topological polar surface area (TPSA) is 69.7 Å². The maximum Gasteiger partial charge on any atom is 0.309 e. The molecule has 1 spiro atoms. The number of rotatable bonds is 1. The summed E-state index contributed by atoms with van der Waals surface area (Å²) in [6, 6.07) is 0. The van der Waals surface area contributed by atoms with Crippen LogP contribution in [0.15, 0.2) is 11.6 Å². The maximum absolute atomic E-state index is 13.0. The van der Waals surface area contributed by atoms with Gasteiger partial charge in [0.25, 0.3) is 0 Å². The van der Waals surface area contributed by atoms with E-state index in [1.54, 1.807) is 0 Å². The van der Waals surface area contributed by atoms with E-state index in [0.717, 1.165) is 32.1 Å². The van der Waals surface area contributed by atoms with E-state index in [0.29, 0.717) is 42.9 Å². The predicted molar refractivity (Wildman–Crippen MR) is 108 cm³/mol. The molecule has 5 fully saturated rings. The standard InChI is InChI=1S/C25H32O5/c1-23-7-4-14(26)10-13(23)11-16(22(28)29-3)20-17(23)5-8-24(2)21(20)15-12-18(15)25(24)9-6-19(27)30-25/h10,15-18,20-21H,4-9,11-12H2,1-3H3/t15-,16-,17+,18+,20-,21+,23+,24+,25+/m1/s1. The monoisotopic (exact) mass is 412 g/mol. The van der Waals surface area contributed by atoms with Crippen LogP contribution in [0.5, 0.6) is 0 Å². The number of carbonyl (C=O) groups is 3. The number of esters is 2. The van der Waals surface area contributed by atoms with Crippen molar-refractivity contribution in [3.05, 3.63) is 11.6 Å². The van der Waals surface area contributed by atoms with E-state index in [2.05, 4.69) is 13.8 Å². The lowest BCUT2D eigenvalue weighted by Gasteiger charge is -2.61. The number of ketones is 1. The fraction of sp³-hybridized carbons (Fsp3) is 0.800. The Morgan fingerprint density at radius 1 is 1.13 bits per heavy atom. The minimum atomic E-state index is -0.315. The lowest BCUT2D eigenvalue weighted by atomic mass is 9.43. The zero-order valence-corrected chi connectivity index (χ0v) is 18.2. The molecule has 5 nitrogen and oxygen atoms in total. The Hall–Kier alpha value is -1.65. The average Bonchev–Trinajstić information content (AvgIpc) is 3.36. The zero-order valence-electron chi connectivity index (χ0n) is 18.2. The van der Waals surface area contributed by atoms with Gasteiger partial charge in [0.05, 0.1) is 13.0 Å². The third-order valence-electron chi connectivity index (χ3n) is 10.6. The molecule has 0 N–H and O–H groups in total. The molecule has 6 aliphatic rings. The molecule has 1 heterocycles. The van der Waals surface area contributed by atoms with Gasteiger partial charge in [0.15, 0.2) is 5.78 Å². The van der Waals surface area contributed by atoms with Gasteiger partial charge in [-0.15, -0.1) is 0 Å². The van der Waals surface area contributed by atoms with Gasteiger partial charge in [0.1, 0.15) is 5.60 Å². The van der Waals surface area contributed by atoms with Gasteiger partial charge in [-0.1, -0.05) is 19.4 Å². The first-order chi connectivity index (χ1) is 14.2. The van der Waals surface area contributed by atoms with Gasteiger partial charge in [-0.3, -0.25) is 14.4 Å². The van der Waals surface area contributed by atoms with Crippen LogP contribution in [0.25, 0.3) is 0 Å². The Balaban J connectivity index is 1.46. The van der Waals surface area contributed by atoms with Crippen molar-refractivity contribution < 1.29 is 23.9 Å². The van der Waals surface area contributed by atoms with Crippen LogP contribution in [0, 0.1) is 46.3 Å². The molecule has 4 saturated carbocycles. The fourth-order valence-corrected chi connectivity index (χ4v) is 9.30. The third-order valence-corrected chi connectivity index (χ3v) is 10.6. The van der Waals surface area contributed by atoms with Crippen molar-refractivity contribution in [1.82, 2.24) is 0 Å². The Morgan fingerprint density at radius 3 is 2.63 bits per heavy atom. The smallest absolute Gasteiger partial charge is 0.309 e. The molecule has 30 heavy (non-hydrogen) atoms. The molecule has 6 rings (SSSR count). The first-order valence-corrected chi connectivity index (χ1v) is 11.8. The van der Waals surface area contributed by atoms with Crippen molar-refractivity contribution in [1.29, 1.82) is 0 Å². The highest BCUT2D eigenvalue weighted by Crippen LogP contribution is 2.79. The van der Waals surface area contributed by atoms with Crippen LogP contribution in [0.4, 0.5) is 0 Å². The Bertz CT molecular complexity index is 890. The van der Waals surface area contributed by atoms with Gasteiger partial charge >= 0.3 is 11.9 Å². The second-order valence-electron chi connectivity index (χ2n) is 11.4. The maximum atomic E-state index is 13.0. The van der Waals surface area contributed by atoms with E-state index in [9.17, 15) is 14.4 Å². The minimum absolute atomic E-state index is 0.00305. The summed E-state index contributed by atoms with van der Waals surface area (Å²) >= 11 is 0. The number of carbonyl (C=O) groups excluding carboxylic acids is 3. The van der Waals surface area contributed by atoms with E-state index < -0.39 is 0 Å². The SMILES string of the molecule is COC(=O)[C@@H]1CC2=CC(=O)CC[C@]2(C)[C@H]2CC[C@@]3(C)[C@@H]([C@@H]4C[C@@H]4[C@@]34CCC(=O)O4)[C@H]12. The summed E-state index contributed by atoms with van der Waals surface area (Å²) in [5.74, 6) is 1.90. The average molecular weight is 413 g/mol. The summed E-state index contributed by atoms with van der Waals surface area (Å²) in [6.45, 7) is 4.69. The normalized spacial score (nSPS) is 53.2. The highest BCUT2D eigenvalue weighted by atomic mass is 16.6. The highest BCUT2D eigenvalue weighted by molar-refractivity contribution is 5.92. The summed E-state index contributed by atoms with van der Waals surface area (Å²) in [4.78, 5) is 37.5. The van der Waals surface area contributed by atoms with E-state index in [1.807, 2.05) is 6.08 Å². The van der Waals surface area contributed by atoms with Crippen molar-refractivity contribution in [2.24, 2.45) is 46.3 Å². The second-order valence-corrected chi connectivity index (χ2v) is 11.4. The molecule has 1 aliphatic heterocycles. The number of ether oxygens (including phenoxy) is 2. The first kappa shape index (κ1) is 19.1. The van der Waals surface area contributed by atoms with Crippen LogP contribution in [0.3, 0.4) is 0 Å². The number of fused-ring (bicyclic) bond motifs is 9. The lowest BCUT2D eigenvalue weighted by molar-refractivity contribution is -0.185. The molecule has 5 aliphatic carbocycles. The molecule has 0 bridgehead atoms. The van der Waals surface area contributed by atoms with Crippen LogP contribution >= 0.6 is 0 Å². The predicted octanol–water partition coefficient (Wildman–Crippen LogP) is 3.85. The number of allylic oxidation sites excluding steroid dienone is 1. The molecule has 0 aromatic carbocycles. The van der Waals surface area contributed by atoms with Crippen molar-refractivity contribution in [2.45, 2.75) is 70.8 Å². The molecule has 162 valence electrons. The fourth-order valence-electron chi connectivity index (χ4n) is 9.30. The minimum Gasteiger partial charge on any atom is -0.469 e. The summed E-state index contributed by atoms with van der Waals surface area (Å²) in [6.07, 6.45) is 8.58. The number of hydrogen-bond donors (Lipinski definition) is 0. The Labute approximate surface area is 177 Å². The van der Waals surface area contributed by atoms with Crippen LogP contribution in [-0.4, -0.2) is 30.4 Å². The van der Waals surface area contributed by atoms with Crippen molar-refractivity contribution in [3.8, 4) is 0 Å². The molecule has 1 saturated heterocycles. The zero-order chi connectivity index (χ0) is 21.1. The number of methoxy groups -OCH3 is 1. The van der Waals surface area contributed by atoms with Gasteiger partial charge in [-0.2, -0.15) is 0 Å².